The van der Waals surface area contributed by atoms with Crippen LogP contribution < -0.4 is 10.1 Å². The summed E-state index contributed by atoms with van der Waals surface area (Å²) in [6.07, 6.45) is 3.52. The van der Waals surface area contributed by atoms with Crippen molar-refractivity contribution in [2.75, 3.05) is 12.4 Å². The summed E-state index contributed by atoms with van der Waals surface area (Å²) in [5.41, 5.74) is 2.03. The van der Waals surface area contributed by atoms with E-state index >= 15 is 0 Å². The number of nitrogens with one attached hydrogen (secondary N) is 1. The number of methoxy groups -OCH3 is 1. The highest BCUT2D eigenvalue weighted by atomic mass is 16.5. The molecule has 0 saturated heterocycles. The van der Waals surface area contributed by atoms with Gasteiger partial charge in [-0.15, -0.1) is 0 Å². The number of hydrogen-bond acceptors (Lipinski definition) is 4. The van der Waals surface area contributed by atoms with Crippen LogP contribution in [0.1, 0.15) is 12.6 Å². The molecular formula is C12H16N4O. The van der Waals surface area contributed by atoms with Gasteiger partial charge in [0.15, 0.2) is 0 Å². The zero-order valence-corrected chi connectivity index (χ0v) is 10.1. The predicted molar refractivity (Wildman–Crippen MR) is 66.0 cm³/mol. The average molecular weight is 232 g/mol. The maximum Gasteiger partial charge on any atom is 0.237 e. The van der Waals surface area contributed by atoms with Crippen LogP contribution in [0, 0.1) is 0 Å². The third kappa shape index (κ3) is 2.55. The quantitative estimate of drug-likeness (QED) is 0.855. The number of rotatable bonds is 5. The lowest BCUT2D eigenvalue weighted by Crippen LogP contribution is -2.08. The molecule has 5 heteroatoms. The SMILES string of the molecule is CCn1nccc1CNc1cccnc1OC. The summed E-state index contributed by atoms with van der Waals surface area (Å²) >= 11 is 0. The standard InChI is InChI=1S/C12H16N4O/c1-3-16-10(6-8-15-16)9-14-11-5-4-7-13-12(11)17-2/h4-8,14H,3,9H2,1-2H3. The van der Waals surface area contributed by atoms with Crippen LogP contribution in [0.4, 0.5) is 5.69 Å². The molecule has 0 aromatic carbocycles. The highest BCUT2D eigenvalue weighted by Gasteiger charge is 2.04. The molecular weight excluding hydrogens is 216 g/mol. The summed E-state index contributed by atoms with van der Waals surface area (Å²) in [7, 11) is 1.61. The van der Waals surface area contributed by atoms with E-state index in [0.29, 0.717) is 12.4 Å². The van der Waals surface area contributed by atoms with Crippen LogP contribution in [0.2, 0.25) is 0 Å². The van der Waals surface area contributed by atoms with Gasteiger partial charge in [0.2, 0.25) is 5.88 Å². The molecule has 0 fully saturated rings. The molecule has 0 aliphatic heterocycles. The van der Waals surface area contributed by atoms with E-state index < -0.39 is 0 Å². The maximum atomic E-state index is 5.18. The van der Waals surface area contributed by atoms with Gasteiger partial charge in [-0.3, -0.25) is 4.68 Å². The minimum Gasteiger partial charge on any atom is -0.480 e. The van der Waals surface area contributed by atoms with Gasteiger partial charge in [0.1, 0.15) is 0 Å². The Hall–Kier alpha value is -2.04. The summed E-state index contributed by atoms with van der Waals surface area (Å²) in [6, 6.07) is 5.82. The van der Waals surface area contributed by atoms with Gasteiger partial charge >= 0.3 is 0 Å². The van der Waals surface area contributed by atoms with E-state index in [4.69, 9.17) is 4.74 Å². The minimum atomic E-state index is 0.607. The normalized spacial score (nSPS) is 10.2. The number of ether oxygens (including phenoxy) is 1. The highest BCUT2D eigenvalue weighted by Crippen LogP contribution is 2.20. The zero-order chi connectivity index (χ0) is 12.1. The largest absolute Gasteiger partial charge is 0.480 e. The number of pyridine rings is 1. The third-order valence-corrected chi connectivity index (χ3v) is 2.53. The second-order valence-electron chi connectivity index (χ2n) is 3.55. The molecule has 0 aliphatic rings. The number of nitrogens with zero attached hydrogens (tertiary/aromatic N) is 3. The van der Waals surface area contributed by atoms with Crippen molar-refractivity contribution in [1.82, 2.24) is 14.8 Å². The van der Waals surface area contributed by atoms with E-state index in [1.807, 2.05) is 22.9 Å². The second kappa shape index (κ2) is 5.34. The van der Waals surface area contributed by atoms with Crippen LogP contribution in [0.15, 0.2) is 30.6 Å². The van der Waals surface area contributed by atoms with Gasteiger partial charge in [0.05, 0.1) is 25.0 Å². The topological polar surface area (TPSA) is 52.0 Å². The van der Waals surface area contributed by atoms with Crippen molar-refractivity contribution >= 4 is 5.69 Å². The van der Waals surface area contributed by atoms with Crippen LogP contribution >= 0.6 is 0 Å². The number of aromatic nitrogens is 3. The van der Waals surface area contributed by atoms with Gasteiger partial charge in [0.25, 0.3) is 0 Å². The summed E-state index contributed by atoms with van der Waals surface area (Å²) in [5.74, 6) is 0.607. The molecule has 0 bridgehead atoms. The average Bonchev–Trinajstić information content (AvgIpc) is 2.84. The van der Waals surface area contributed by atoms with Crippen LogP contribution in [0.5, 0.6) is 5.88 Å². The number of hydrogen-bond donors (Lipinski definition) is 1. The Morgan fingerprint density at radius 3 is 3.00 bits per heavy atom. The molecule has 2 heterocycles. The van der Waals surface area contributed by atoms with E-state index in [0.717, 1.165) is 17.9 Å². The Kier molecular flexibility index (Phi) is 3.59. The van der Waals surface area contributed by atoms with Crippen molar-refractivity contribution in [2.45, 2.75) is 20.0 Å². The first kappa shape index (κ1) is 11.4. The van der Waals surface area contributed by atoms with Crippen molar-refractivity contribution in [3.63, 3.8) is 0 Å². The number of aryl methyl sites for hydroxylation is 1. The van der Waals surface area contributed by atoms with E-state index in [-0.39, 0.29) is 0 Å². The Bertz CT molecular complexity index is 481. The molecule has 2 rings (SSSR count). The van der Waals surface area contributed by atoms with Gasteiger partial charge in [-0.25, -0.2) is 4.98 Å². The summed E-state index contributed by atoms with van der Waals surface area (Å²) < 4.78 is 7.13. The fraction of sp³-hybridized carbons (Fsp3) is 0.333. The maximum absolute atomic E-state index is 5.18. The Labute approximate surface area is 100 Å². The molecule has 2 aromatic rings. The minimum absolute atomic E-state index is 0.607. The third-order valence-electron chi connectivity index (χ3n) is 2.53. The molecule has 0 radical (unpaired) electrons. The fourth-order valence-electron chi connectivity index (χ4n) is 1.67. The lowest BCUT2D eigenvalue weighted by atomic mass is 10.3. The molecule has 1 N–H and O–H groups in total. The highest BCUT2D eigenvalue weighted by molar-refractivity contribution is 5.52. The first-order valence-electron chi connectivity index (χ1n) is 5.58. The van der Waals surface area contributed by atoms with Crippen LogP contribution in [-0.4, -0.2) is 21.9 Å². The first-order valence-corrected chi connectivity index (χ1v) is 5.58. The molecule has 0 unspecified atom stereocenters. The Morgan fingerprint density at radius 2 is 2.24 bits per heavy atom. The molecule has 90 valence electrons. The Morgan fingerprint density at radius 1 is 1.35 bits per heavy atom. The molecule has 0 amide bonds. The van der Waals surface area contributed by atoms with Gasteiger partial charge in [-0.05, 0) is 25.1 Å². The van der Waals surface area contributed by atoms with E-state index in [9.17, 15) is 0 Å². The zero-order valence-electron chi connectivity index (χ0n) is 10.1. The summed E-state index contributed by atoms with van der Waals surface area (Å²) in [5, 5.41) is 7.51. The van der Waals surface area contributed by atoms with Crippen molar-refractivity contribution in [3.05, 3.63) is 36.3 Å². The lowest BCUT2D eigenvalue weighted by Gasteiger charge is -2.10. The molecule has 17 heavy (non-hydrogen) atoms. The van der Waals surface area contributed by atoms with Crippen molar-refractivity contribution in [3.8, 4) is 5.88 Å². The van der Waals surface area contributed by atoms with Gasteiger partial charge < -0.3 is 10.1 Å². The fourth-order valence-corrected chi connectivity index (χ4v) is 1.67. The van der Waals surface area contributed by atoms with Gasteiger partial charge in [-0.2, -0.15) is 5.10 Å². The van der Waals surface area contributed by atoms with Crippen molar-refractivity contribution in [2.24, 2.45) is 0 Å². The van der Waals surface area contributed by atoms with Crippen LogP contribution in [-0.2, 0) is 13.1 Å². The predicted octanol–water partition coefficient (Wildman–Crippen LogP) is 1.92. The van der Waals surface area contributed by atoms with E-state index in [1.165, 1.54) is 0 Å². The molecule has 0 aliphatic carbocycles. The number of anilines is 1. The summed E-state index contributed by atoms with van der Waals surface area (Å²) in [6.45, 7) is 3.64. The molecule has 0 saturated carbocycles. The molecule has 5 nitrogen and oxygen atoms in total. The van der Waals surface area contributed by atoms with Crippen molar-refractivity contribution < 1.29 is 4.74 Å². The molecule has 0 spiro atoms. The summed E-state index contributed by atoms with van der Waals surface area (Å²) in [4.78, 5) is 4.13. The van der Waals surface area contributed by atoms with Gasteiger partial charge in [-0.1, -0.05) is 0 Å². The molecule has 2 aromatic heterocycles. The molecule has 0 atom stereocenters. The Balaban J connectivity index is 2.07. The van der Waals surface area contributed by atoms with Crippen LogP contribution in [0.3, 0.4) is 0 Å². The second-order valence-corrected chi connectivity index (χ2v) is 3.55. The lowest BCUT2D eigenvalue weighted by molar-refractivity contribution is 0.399. The van der Waals surface area contributed by atoms with E-state index in [1.54, 1.807) is 19.5 Å². The van der Waals surface area contributed by atoms with Crippen molar-refractivity contribution in [1.29, 1.82) is 0 Å². The van der Waals surface area contributed by atoms with E-state index in [2.05, 4.69) is 22.3 Å². The first-order chi connectivity index (χ1) is 8.35. The van der Waals surface area contributed by atoms with Crippen LogP contribution in [0.25, 0.3) is 0 Å². The smallest absolute Gasteiger partial charge is 0.237 e. The van der Waals surface area contributed by atoms with Gasteiger partial charge in [0, 0.05) is 18.9 Å². The monoisotopic (exact) mass is 232 g/mol.